The first kappa shape index (κ1) is 34.9. The molecule has 0 spiro atoms. The maximum absolute atomic E-state index is 13.5. The third kappa shape index (κ3) is 6.74. The minimum absolute atomic E-state index is 0.00587. The van der Waals surface area contributed by atoms with E-state index in [-0.39, 0.29) is 38.8 Å². The molecular weight excluding hydrogens is 587 g/mol. The SMILES string of the molecule is CC(C)(C)[Si](C)(C)OCC1OC(n2c(=O)[nH]c3c(=O)[nH]c(N)nc32)C(O[Si](C)(C)C(C)(C)C)C1O[Si](C)(C)C(C)(C)C. The Morgan fingerprint density at radius 2 is 1.29 bits per heavy atom. The van der Waals surface area contributed by atoms with Crippen LogP contribution in [0.4, 0.5) is 5.95 Å². The van der Waals surface area contributed by atoms with Crippen LogP contribution in [-0.2, 0) is 18.0 Å². The van der Waals surface area contributed by atoms with Crippen LogP contribution in [0.1, 0.15) is 68.5 Å². The smallest absolute Gasteiger partial charge is 0.330 e. The standard InChI is InChI=1S/C28H55N5O6Si3/c1-26(2,3)40(10,11)36-16-17-19(38-41(12,13)27(4,5)6)20(39-42(14,15)28(7,8)9)23(37-17)33-21-18(30-25(33)35)22(34)32-24(29)31-21/h17,19-20,23H,16H2,1-15H3,(H,30,35)(H3,29,31,32,34). The van der Waals surface area contributed by atoms with E-state index >= 15 is 0 Å². The normalized spacial score (nSPS) is 23.2. The molecule has 1 fully saturated rings. The van der Waals surface area contributed by atoms with Crippen LogP contribution in [-0.4, -0.2) is 69.4 Å². The lowest BCUT2D eigenvalue weighted by Gasteiger charge is -2.44. The lowest BCUT2D eigenvalue weighted by molar-refractivity contribution is -0.0484. The number of hydrogen-bond donors (Lipinski definition) is 3. The van der Waals surface area contributed by atoms with Crippen LogP contribution in [0, 0.1) is 0 Å². The lowest BCUT2D eigenvalue weighted by Crippen LogP contribution is -2.54. The second-order valence-electron chi connectivity index (χ2n) is 16.3. The number of hydrogen-bond acceptors (Lipinski definition) is 8. The minimum atomic E-state index is -2.43. The van der Waals surface area contributed by atoms with Crippen molar-refractivity contribution >= 4 is 42.1 Å². The van der Waals surface area contributed by atoms with E-state index in [1.165, 1.54) is 4.57 Å². The number of nitrogens with two attached hydrogens (primary N) is 1. The first-order valence-corrected chi connectivity index (χ1v) is 23.6. The predicted molar refractivity (Wildman–Crippen MR) is 177 cm³/mol. The predicted octanol–water partition coefficient (Wildman–Crippen LogP) is 5.70. The highest BCUT2D eigenvalue weighted by atomic mass is 28.4. The van der Waals surface area contributed by atoms with Gasteiger partial charge in [0.25, 0.3) is 5.56 Å². The van der Waals surface area contributed by atoms with Crippen molar-refractivity contribution in [2.75, 3.05) is 12.3 Å². The Balaban J connectivity index is 2.24. The summed E-state index contributed by atoms with van der Waals surface area (Å²) in [6.45, 7) is 33.1. The van der Waals surface area contributed by atoms with E-state index in [0.29, 0.717) is 0 Å². The molecule has 0 radical (unpaired) electrons. The highest BCUT2D eigenvalue weighted by Crippen LogP contribution is 2.46. The van der Waals surface area contributed by atoms with E-state index in [1.54, 1.807) is 0 Å². The monoisotopic (exact) mass is 641 g/mol. The summed E-state index contributed by atoms with van der Waals surface area (Å²) in [4.78, 5) is 35.6. The van der Waals surface area contributed by atoms with Gasteiger partial charge in [-0.2, -0.15) is 4.98 Å². The van der Waals surface area contributed by atoms with E-state index in [4.69, 9.17) is 23.7 Å². The topological polar surface area (TPSA) is 146 Å². The molecule has 3 heterocycles. The fourth-order valence-corrected chi connectivity index (χ4v) is 7.74. The fraction of sp³-hybridized carbons (Fsp3) is 0.821. The van der Waals surface area contributed by atoms with Crippen molar-refractivity contribution < 1.29 is 18.0 Å². The highest BCUT2D eigenvalue weighted by molar-refractivity contribution is 6.75. The fourth-order valence-electron chi connectivity index (χ4n) is 4.12. The average molecular weight is 642 g/mol. The Morgan fingerprint density at radius 3 is 1.76 bits per heavy atom. The van der Waals surface area contributed by atoms with Crippen LogP contribution >= 0.6 is 0 Å². The highest BCUT2D eigenvalue weighted by Gasteiger charge is 2.55. The molecule has 1 aliphatic heterocycles. The number of fused-ring (bicyclic) bond motifs is 1. The number of imidazole rings is 1. The van der Waals surface area contributed by atoms with Crippen molar-refractivity contribution in [1.82, 2.24) is 19.5 Å². The first-order valence-electron chi connectivity index (χ1n) is 14.9. The van der Waals surface area contributed by atoms with Crippen molar-refractivity contribution in [2.24, 2.45) is 0 Å². The van der Waals surface area contributed by atoms with Crippen LogP contribution in [0.3, 0.4) is 0 Å². The third-order valence-electron chi connectivity index (χ3n) is 10.0. The molecular formula is C28H55N5O6Si3. The molecule has 2 aromatic heterocycles. The van der Waals surface area contributed by atoms with E-state index in [2.05, 4.69) is 117 Å². The van der Waals surface area contributed by atoms with Gasteiger partial charge in [0.15, 0.2) is 42.3 Å². The summed E-state index contributed by atoms with van der Waals surface area (Å²) in [5.74, 6) is -0.0907. The maximum atomic E-state index is 13.5. The summed E-state index contributed by atoms with van der Waals surface area (Å²) in [5.41, 5.74) is 5.02. The van der Waals surface area contributed by atoms with Gasteiger partial charge in [-0.3, -0.25) is 14.8 Å². The third-order valence-corrected chi connectivity index (χ3v) is 23.5. The molecule has 2 aromatic rings. The number of ether oxygens (including phenoxy) is 1. The molecule has 0 bridgehead atoms. The number of H-pyrrole nitrogens is 2. The molecule has 0 aromatic carbocycles. The summed E-state index contributed by atoms with van der Waals surface area (Å²) in [7, 11) is -6.95. The molecule has 4 N–H and O–H groups in total. The number of anilines is 1. The molecule has 14 heteroatoms. The van der Waals surface area contributed by atoms with Crippen LogP contribution in [0.5, 0.6) is 0 Å². The average Bonchev–Trinajstić information content (AvgIpc) is 3.26. The van der Waals surface area contributed by atoms with Crippen LogP contribution in [0.2, 0.25) is 54.4 Å². The molecule has 4 unspecified atom stereocenters. The van der Waals surface area contributed by atoms with E-state index in [0.717, 1.165) is 0 Å². The van der Waals surface area contributed by atoms with Gasteiger partial charge in [0, 0.05) is 0 Å². The van der Waals surface area contributed by atoms with Crippen molar-refractivity contribution in [1.29, 1.82) is 0 Å². The van der Waals surface area contributed by atoms with Gasteiger partial charge in [-0.1, -0.05) is 62.3 Å². The summed E-state index contributed by atoms with van der Waals surface area (Å²) >= 11 is 0. The van der Waals surface area contributed by atoms with Gasteiger partial charge in [-0.05, 0) is 54.4 Å². The molecule has 42 heavy (non-hydrogen) atoms. The van der Waals surface area contributed by atoms with Gasteiger partial charge in [0.05, 0.1) is 6.61 Å². The van der Waals surface area contributed by atoms with E-state index < -0.39 is 60.7 Å². The number of nitrogen functional groups attached to an aromatic ring is 1. The van der Waals surface area contributed by atoms with Gasteiger partial charge < -0.3 is 23.7 Å². The second-order valence-corrected chi connectivity index (χ2v) is 30.6. The number of rotatable bonds is 8. The molecule has 1 saturated heterocycles. The zero-order chi connectivity index (χ0) is 32.4. The van der Waals surface area contributed by atoms with Crippen molar-refractivity contribution in [2.45, 2.75) is 141 Å². The number of aromatic nitrogens is 4. The molecule has 0 saturated carbocycles. The van der Waals surface area contributed by atoms with Crippen molar-refractivity contribution in [3.8, 4) is 0 Å². The van der Waals surface area contributed by atoms with E-state index in [1.807, 2.05) is 0 Å². The largest absolute Gasteiger partial charge is 0.414 e. The van der Waals surface area contributed by atoms with Gasteiger partial charge in [-0.15, -0.1) is 0 Å². The molecule has 11 nitrogen and oxygen atoms in total. The molecule has 0 aliphatic carbocycles. The van der Waals surface area contributed by atoms with Gasteiger partial charge in [0.1, 0.15) is 18.3 Å². The van der Waals surface area contributed by atoms with Gasteiger partial charge >= 0.3 is 5.69 Å². The Morgan fingerprint density at radius 1 is 0.810 bits per heavy atom. The second kappa shape index (κ2) is 11.1. The van der Waals surface area contributed by atoms with Crippen LogP contribution in [0.15, 0.2) is 9.59 Å². The number of aromatic amines is 2. The molecule has 1 aliphatic rings. The number of nitrogens with zero attached hydrogens (tertiary/aromatic N) is 2. The van der Waals surface area contributed by atoms with E-state index in [9.17, 15) is 9.59 Å². The number of nitrogens with one attached hydrogen (secondary N) is 2. The Kier molecular flexibility index (Phi) is 9.24. The molecule has 4 atom stereocenters. The maximum Gasteiger partial charge on any atom is 0.330 e. The van der Waals surface area contributed by atoms with Crippen LogP contribution < -0.4 is 17.0 Å². The lowest BCUT2D eigenvalue weighted by atomic mass is 10.1. The summed E-state index contributed by atoms with van der Waals surface area (Å²) in [5, 5.41) is -0.216. The van der Waals surface area contributed by atoms with Crippen LogP contribution in [0.25, 0.3) is 11.2 Å². The van der Waals surface area contributed by atoms with Gasteiger partial charge in [0.2, 0.25) is 5.95 Å². The molecule has 0 amide bonds. The van der Waals surface area contributed by atoms with Crippen molar-refractivity contribution in [3.63, 3.8) is 0 Å². The molecule has 3 rings (SSSR count). The summed E-state index contributed by atoms with van der Waals surface area (Å²) in [6.07, 6.45) is -2.63. The minimum Gasteiger partial charge on any atom is -0.414 e. The van der Waals surface area contributed by atoms with Crippen molar-refractivity contribution in [3.05, 3.63) is 20.8 Å². The van der Waals surface area contributed by atoms with Gasteiger partial charge in [-0.25, -0.2) is 9.36 Å². The summed E-state index contributed by atoms with van der Waals surface area (Å²) < 4.78 is 29.1. The zero-order valence-corrected chi connectivity index (χ0v) is 31.4. The summed E-state index contributed by atoms with van der Waals surface area (Å²) in [6, 6.07) is 0. The quantitative estimate of drug-likeness (QED) is 0.311. The first-order chi connectivity index (χ1) is 18.7. The zero-order valence-electron chi connectivity index (χ0n) is 28.4. The Hall–Kier alpha value is -1.56. The molecule has 240 valence electrons. The Labute approximate surface area is 253 Å². The Bertz CT molecular complexity index is 1390.